The Balaban J connectivity index is 2.26. The Bertz CT molecular complexity index is 632. The van der Waals surface area contributed by atoms with Gasteiger partial charge in [0, 0.05) is 18.2 Å². The van der Waals surface area contributed by atoms with Gasteiger partial charge < -0.3 is 5.32 Å². The number of nitro benzene ring substituents is 1. The maximum atomic E-state index is 10.7. The monoisotopic (exact) mass is 273 g/mol. The summed E-state index contributed by atoms with van der Waals surface area (Å²) in [5.41, 5.74) is 1.92. The number of thiophene rings is 1. The minimum Gasteiger partial charge on any atom is -0.377 e. The lowest BCUT2D eigenvalue weighted by molar-refractivity contribution is -0.384. The minimum absolute atomic E-state index is 0.0415. The molecule has 0 aliphatic carbocycles. The van der Waals surface area contributed by atoms with Crippen LogP contribution in [0.3, 0.4) is 0 Å². The highest BCUT2D eigenvalue weighted by Gasteiger charge is 2.13. The number of anilines is 1. The van der Waals surface area contributed by atoms with Crippen LogP contribution in [0.4, 0.5) is 11.4 Å². The fraction of sp³-hybridized carbons (Fsp3) is 0.154. The molecular formula is C13H11N3O2S. The van der Waals surface area contributed by atoms with Crippen LogP contribution in [0.25, 0.3) is 0 Å². The highest BCUT2D eigenvalue weighted by Crippen LogP contribution is 2.26. The van der Waals surface area contributed by atoms with Crippen molar-refractivity contribution in [2.75, 3.05) is 5.32 Å². The van der Waals surface area contributed by atoms with Gasteiger partial charge in [-0.1, -0.05) is 0 Å². The molecule has 0 fully saturated rings. The lowest BCUT2D eigenvalue weighted by Gasteiger charge is -2.15. The van der Waals surface area contributed by atoms with Gasteiger partial charge in [0.05, 0.1) is 16.2 Å². The molecule has 96 valence electrons. The number of hydrogen-bond donors (Lipinski definition) is 1. The van der Waals surface area contributed by atoms with Crippen LogP contribution in [0.2, 0.25) is 0 Å². The van der Waals surface area contributed by atoms with Crippen LogP contribution >= 0.6 is 11.3 Å². The van der Waals surface area contributed by atoms with Gasteiger partial charge in [-0.15, -0.1) is 0 Å². The van der Waals surface area contributed by atoms with Crippen molar-refractivity contribution in [3.8, 4) is 6.07 Å². The summed E-state index contributed by atoms with van der Waals surface area (Å²) in [7, 11) is 0. The molecule has 1 atom stereocenters. The molecule has 19 heavy (non-hydrogen) atoms. The van der Waals surface area contributed by atoms with Crippen molar-refractivity contribution in [2.24, 2.45) is 0 Å². The molecule has 5 nitrogen and oxygen atoms in total. The molecule has 0 aliphatic heterocycles. The van der Waals surface area contributed by atoms with Gasteiger partial charge in [0.1, 0.15) is 6.07 Å². The van der Waals surface area contributed by atoms with E-state index in [1.807, 2.05) is 29.8 Å². The largest absolute Gasteiger partial charge is 0.377 e. The molecule has 1 N–H and O–H groups in total. The smallest absolute Gasteiger partial charge is 0.270 e. The molecule has 1 unspecified atom stereocenters. The number of hydrogen-bond acceptors (Lipinski definition) is 5. The van der Waals surface area contributed by atoms with Gasteiger partial charge in [0.25, 0.3) is 5.69 Å². The van der Waals surface area contributed by atoms with Gasteiger partial charge in [-0.25, -0.2) is 0 Å². The quantitative estimate of drug-likeness (QED) is 0.680. The minimum atomic E-state index is -0.507. The first-order chi connectivity index (χ1) is 9.11. The van der Waals surface area contributed by atoms with E-state index in [1.54, 1.807) is 17.4 Å². The summed E-state index contributed by atoms with van der Waals surface area (Å²) in [6, 6.07) is 8.26. The molecule has 1 aromatic carbocycles. The van der Waals surface area contributed by atoms with Gasteiger partial charge >= 0.3 is 0 Å². The molecule has 2 aromatic rings. The number of nitro groups is 1. The molecule has 0 amide bonds. The summed E-state index contributed by atoms with van der Waals surface area (Å²) in [6.07, 6.45) is 0. The Labute approximate surface area is 114 Å². The van der Waals surface area contributed by atoms with Crippen molar-refractivity contribution < 1.29 is 4.92 Å². The number of rotatable bonds is 4. The molecular weight excluding hydrogens is 262 g/mol. The third kappa shape index (κ3) is 2.89. The van der Waals surface area contributed by atoms with Gasteiger partial charge in [-0.3, -0.25) is 10.1 Å². The summed E-state index contributed by atoms with van der Waals surface area (Å²) < 4.78 is 0. The maximum absolute atomic E-state index is 10.7. The highest BCUT2D eigenvalue weighted by molar-refractivity contribution is 7.07. The van der Waals surface area contributed by atoms with Gasteiger partial charge in [0.2, 0.25) is 0 Å². The molecule has 0 bridgehead atoms. The Morgan fingerprint density at radius 1 is 1.47 bits per heavy atom. The summed E-state index contributed by atoms with van der Waals surface area (Å²) in [5.74, 6) is 0. The Hall–Kier alpha value is -2.39. The topological polar surface area (TPSA) is 79.0 Å². The molecule has 1 heterocycles. The van der Waals surface area contributed by atoms with E-state index in [1.165, 1.54) is 12.1 Å². The second kappa shape index (κ2) is 5.50. The Kier molecular flexibility index (Phi) is 3.78. The van der Waals surface area contributed by atoms with Crippen molar-refractivity contribution >= 4 is 22.7 Å². The zero-order valence-electron chi connectivity index (χ0n) is 10.2. The van der Waals surface area contributed by atoms with E-state index < -0.39 is 4.92 Å². The van der Waals surface area contributed by atoms with Crippen LogP contribution in [0, 0.1) is 21.4 Å². The second-order valence-electron chi connectivity index (χ2n) is 4.02. The molecule has 0 saturated heterocycles. The lowest BCUT2D eigenvalue weighted by atomic mass is 10.1. The second-order valence-corrected chi connectivity index (χ2v) is 4.80. The van der Waals surface area contributed by atoms with Crippen molar-refractivity contribution in [2.45, 2.75) is 13.0 Å². The third-order valence-corrected chi connectivity index (χ3v) is 3.45. The van der Waals surface area contributed by atoms with Crippen LogP contribution in [-0.2, 0) is 0 Å². The summed E-state index contributed by atoms with van der Waals surface area (Å²) in [6.45, 7) is 1.98. The van der Waals surface area contributed by atoms with E-state index in [0.717, 1.165) is 5.56 Å². The first-order valence-electron chi connectivity index (χ1n) is 5.59. The van der Waals surface area contributed by atoms with E-state index in [2.05, 4.69) is 5.32 Å². The number of benzene rings is 1. The van der Waals surface area contributed by atoms with Crippen LogP contribution in [0.15, 0.2) is 35.0 Å². The average molecular weight is 273 g/mol. The predicted octanol–water partition coefficient (Wildman–Crippen LogP) is 3.70. The summed E-state index contributed by atoms with van der Waals surface area (Å²) in [4.78, 5) is 10.2. The Morgan fingerprint density at radius 2 is 2.26 bits per heavy atom. The SMILES string of the molecule is CC(Nc1ccc([N+](=O)[O-])cc1C#N)c1ccsc1. The van der Waals surface area contributed by atoms with E-state index >= 15 is 0 Å². The lowest BCUT2D eigenvalue weighted by Crippen LogP contribution is -2.07. The van der Waals surface area contributed by atoms with Crippen LogP contribution in [0.5, 0.6) is 0 Å². The average Bonchev–Trinajstić information content (AvgIpc) is 2.92. The normalized spacial score (nSPS) is 11.6. The highest BCUT2D eigenvalue weighted by atomic mass is 32.1. The fourth-order valence-electron chi connectivity index (χ4n) is 1.70. The van der Waals surface area contributed by atoms with Gasteiger partial charge in [0.15, 0.2) is 0 Å². The van der Waals surface area contributed by atoms with Gasteiger partial charge in [-0.2, -0.15) is 16.6 Å². The van der Waals surface area contributed by atoms with Crippen LogP contribution in [0.1, 0.15) is 24.1 Å². The van der Waals surface area contributed by atoms with Crippen molar-refractivity contribution in [1.29, 1.82) is 5.26 Å². The van der Waals surface area contributed by atoms with Crippen molar-refractivity contribution in [3.05, 3.63) is 56.3 Å². The van der Waals surface area contributed by atoms with E-state index in [4.69, 9.17) is 5.26 Å². The van der Waals surface area contributed by atoms with Crippen molar-refractivity contribution in [1.82, 2.24) is 0 Å². The summed E-state index contributed by atoms with van der Waals surface area (Å²) >= 11 is 1.60. The zero-order valence-corrected chi connectivity index (χ0v) is 11.0. The van der Waals surface area contributed by atoms with E-state index in [-0.39, 0.29) is 17.3 Å². The molecule has 0 aliphatic rings. The number of nitrogens with zero attached hydrogens (tertiary/aromatic N) is 2. The fourth-order valence-corrected chi connectivity index (χ4v) is 2.46. The van der Waals surface area contributed by atoms with Crippen molar-refractivity contribution in [3.63, 3.8) is 0 Å². The van der Waals surface area contributed by atoms with Crippen LogP contribution < -0.4 is 5.32 Å². The predicted molar refractivity (Wildman–Crippen MR) is 74.2 cm³/mol. The Morgan fingerprint density at radius 3 is 2.84 bits per heavy atom. The molecule has 1 aromatic heterocycles. The first-order valence-corrected chi connectivity index (χ1v) is 6.53. The molecule has 6 heteroatoms. The molecule has 2 rings (SSSR count). The van der Waals surface area contributed by atoms with Gasteiger partial charge in [-0.05, 0) is 35.4 Å². The third-order valence-electron chi connectivity index (χ3n) is 2.75. The van der Waals surface area contributed by atoms with E-state index in [9.17, 15) is 10.1 Å². The first kappa shape index (κ1) is 13.1. The van der Waals surface area contributed by atoms with E-state index in [0.29, 0.717) is 5.69 Å². The maximum Gasteiger partial charge on any atom is 0.270 e. The molecule has 0 radical (unpaired) electrons. The summed E-state index contributed by atoms with van der Waals surface area (Å²) in [5, 5.41) is 26.9. The molecule has 0 saturated carbocycles. The van der Waals surface area contributed by atoms with Crippen LogP contribution in [-0.4, -0.2) is 4.92 Å². The standard InChI is InChI=1S/C13H11N3O2S/c1-9(10-4-5-19-8-10)15-13-3-2-12(16(17)18)6-11(13)7-14/h2-6,8-9,15H,1H3. The number of non-ortho nitro benzene ring substituents is 1. The number of nitrogens with one attached hydrogen (secondary N) is 1. The molecule has 0 spiro atoms. The zero-order chi connectivity index (χ0) is 13.8. The number of nitriles is 1.